The van der Waals surface area contributed by atoms with Crippen LogP contribution in [0.1, 0.15) is 13.3 Å². The molecule has 0 radical (unpaired) electrons. The molecule has 0 bridgehead atoms. The number of nitrogens with two attached hydrogens (primary N) is 1. The zero-order chi connectivity index (χ0) is 17.4. The minimum absolute atomic E-state index is 0.582. The lowest BCUT2D eigenvalue weighted by molar-refractivity contribution is 0.0839. The fourth-order valence-electron chi connectivity index (χ4n) is 3.03. The molecule has 1 aliphatic rings. The van der Waals surface area contributed by atoms with E-state index in [1.165, 1.54) is 11.3 Å². The molecular weight excluding hydrogens is 334 g/mol. The van der Waals surface area contributed by atoms with E-state index in [0.29, 0.717) is 12.2 Å². The van der Waals surface area contributed by atoms with Crippen molar-refractivity contribution in [3.8, 4) is 22.1 Å². The van der Waals surface area contributed by atoms with Crippen LogP contribution in [0.3, 0.4) is 0 Å². The summed E-state index contributed by atoms with van der Waals surface area (Å²) in [5.74, 6) is 0.843. The Kier molecular flexibility index (Phi) is 3.89. The van der Waals surface area contributed by atoms with Crippen LogP contribution in [0.25, 0.3) is 22.1 Å². The second-order valence-corrected chi connectivity index (χ2v) is 7.45. The molecule has 0 amide bonds. The summed E-state index contributed by atoms with van der Waals surface area (Å²) in [6, 6.07) is 9.48. The van der Waals surface area contributed by atoms with E-state index in [2.05, 4.69) is 14.9 Å². The number of aromatic nitrogens is 3. The van der Waals surface area contributed by atoms with Crippen LogP contribution in [0.5, 0.6) is 0 Å². The van der Waals surface area contributed by atoms with Crippen molar-refractivity contribution in [3.63, 3.8) is 0 Å². The Balaban J connectivity index is 1.70. The lowest BCUT2D eigenvalue weighted by Gasteiger charge is -2.20. The molecule has 0 aliphatic carbocycles. The van der Waals surface area contributed by atoms with Gasteiger partial charge < -0.3 is 15.7 Å². The van der Waals surface area contributed by atoms with Crippen LogP contribution < -0.4 is 10.6 Å². The van der Waals surface area contributed by atoms with Gasteiger partial charge in [-0.05, 0) is 37.6 Å². The van der Waals surface area contributed by atoms with Crippen molar-refractivity contribution in [2.75, 3.05) is 23.7 Å². The number of pyridine rings is 2. The van der Waals surface area contributed by atoms with E-state index >= 15 is 0 Å². The maximum absolute atomic E-state index is 10.2. The number of anilines is 2. The van der Waals surface area contributed by atoms with Crippen molar-refractivity contribution in [3.05, 3.63) is 41.9 Å². The van der Waals surface area contributed by atoms with Gasteiger partial charge in [0.15, 0.2) is 0 Å². The number of thiazole rings is 1. The Morgan fingerprint density at radius 3 is 2.76 bits per heavy atom. The number of hydrogen-bond acceptors (Lipinski definition) is 7. The van der Waals surface area contributed by atoms with Gasteiger partial charge in [0.25, 0.3) is 0 Å². The topological polar surface area (TPSA) is 88.2 Å². The van der Waals surface area contributed by atoms with Crippen LogP contribution in [0.4, 0.5) is 11.5 Å². The summed E-state index contributed by atoms with van der Waals surface area (Å²) in [4.78, 5) is 15.8. The maximum Gasteiger partial charge on any atom is 0.141 e. The van der Waals surface area contributed by atoms with Gasteiger partial charge in [0.2, 0.25) is 0 Å². The van der Waals surface area contributed by atoms with Gasteiger partial charge in [0, 0.05) is 30.4 Å². The number of nitrogen functional groups attached to an aromatic ring is 1. The Morgan fingerprint density at radius 1 is 1.20 bits per heavy atom. The van der Waals surface area contributed by atoms with Crippen molar-refractivity contribution in [1.29, 1.82) is 0 Å². The van der Waals surface area contributed by atoms with Crippen molar-refractivity contribution in [1.82, 2.24) is 15.0 Å². The first-order valence-electron chi connectivity index (χ1n) is 8.12. The van der Waals surface area contributed by atoms with Crippen LogP contribution in [-0.2, 0) is 0 Å². The summed E-state index contributed by atoms with van der Waals surface area (Å²) in [7, 11) is 0. The molecule has 6 nitrogen and oxygen atoms in total. The van der Waals surface area contributed by atoms with Crippen LogP contribution in [-0.4, -0.2) is 38.7 Å². The molecule has 1 fully saturated rings. The molecule has 4 rings (SSSR count). The van der Waals surface area contributed by atoms with Crippen LogP contribution >= 0.6 is 11.3 Å². The highest BCUT2D eigenvalue weighted by atomic mass is 32.1. The van der Waals surface area contributed by atoms with E-state index in [1.54, 1.807) is 6.20 Å². The molecule has 7 heteroatoms. The highest BCUT2D eigenvalue weighted by molar-refractivity contribution is 7.13. The molecule has 0 spiro atoms. The van der Waals surface area contributed by atoms with Crippen molar-refractivity contribution in [2.45, 2.75) is 18.9 Å². The minimum Gasteiger partial charge on any atom is -0.399 e. The molecule has 3 N–H and O–H groups in total. The largest absolute Gasteiger partial charge is 0.399 e. The van der Waals surface area contributed by atoms with Crippen LogP contribution in [0.2, 0.25) is 0 Å². The monoisotopic (exact) mass is 353 g/mol. The fraction of sp³-hybridized carbons (Fsp3) is 0.278. The molecule has 128 valence electrons. The zero-order valence-corrected chi connectivity index (χ0v) is 14.7. The molecule has 3 aromatic heterocycles. The average Bonchev–Trinajstić information content (AvgIpc) is 3.24. The number of nitrogens with zero attached hydrogens (tertiary/aromatic N) is 4. The van der Waals surface area contributed by atoms with Gasteiger partial charge in [-0.1, -0.05) is 6.07 Å². The lowest BCUT2D eigenvalue weighted by Crippen LogP contribution is -2.30. The lowest BCUT2D eigenvalue weighted by atomic mass is 10.1. The molecule has 0 aromatic carbocycles. The van der Waals surface area contributed by atoms with Gasteiger partial charge in [-0.25, -0.2) is 15.0 Å². The molecule has 1 saturated heterocycles. The summed E-state index contributed by atoms with van der Waals surface area (Å²) in [5, 5.41) is 12.9. The summed E-state index contributed by atoms with van der Waals surface area (Å²) in [6.45, 7) is 3.23. The van der Waals surface area contributed by atoms with E-state index in [0.717, 1.165) is 40.9 Å². The third-order valence-corrected chi connectivity index (χ3v) is 5.07. The second-order valence-electron chi connectivity index (χ2n) is 6.56. The van der Waals surface area contributed by atoms with Gasteiger partial charge in [-0.15, -0.1) is 11.3 Å². The van der Waals surface area contributed by atoms with E-state index in [1.807, 2.05) is 42.6 Å². The normalized spacial score (nSPS) is 20.2. The smallest absolute Gasteiger partial charge is 0.141 e. The predicted octanol–water partition coefficient (Wildman–Crippen LogP) is 2.81. The van der Waals surface area contributed by atoms with Crippen molar-refractivity contribution in [2.24, 2.45) is 0 Å². The Morgan fingerprint density at radius 2 is 2.04 bits per heavy atom. The third kappa shape index (κ3) is 3.33. The zero-order valence-electron chi connectivity index (χ0n) is 13.9. The van der Waals surface area contributed by atoms with Gasteiger partial charge in [-0.3, -0.25) is 0 Å². The summed E-state index contributed by atoms with van der Waals surface area (Å²) < 4.78 is 0. The molecule has 4 heterocycles. The number of rotatable bonds is 3. The van der Waals surface area contributed by atoms with E-state index in [9.17, 15) is 5.11 Å². The summed E-state index contributed by atoms with van der Waals surface area (Å²) >= 11 is 1.53. The highest BCUT2D eigenvalue weighted by Gasteiger charge is 2.32. The Hall–Kier alpha value is -2.51. The molecule has 1 atom stereocenters. The fourth-order valence-corrected chi connectivity index (χ4v) is 3.62. The van der Waals surface area contributed by atoms with Crippen molar-refractivity contribution < 1.29 is 5.11 Å². The first kappa shape index (κ1) is 16.0. The molecule has 1 unspecified atom stereocenters. The predicted molar refractivity (Wildman–Crippen MR) is 100 cm³/mol. The van der Waals surface area contributed by atoms with Crippen LogP contribution in [0.15, 0.2) is 41.9 Å². The summed E-state index contributed by atoms with van der Waals surface area (Å²) in [6.07, 6.45) is 2.49. The molecule has 25 heavy (non-hydrogen) atoms. The number of hydrogen-bond donors (Lipinski definition) is 2. The van der Waals surface area contributed by atoms with Crippen LogP contribution in [0, 0.1) is 0 Å². The van der Waals surface area contributed by atoms with E-state index in [-0.39, 0.29) is 0 Å². The molecule has 0 saturated carbocycles. The number of aliphatic hydroxyl groups is 1. The van der Waals surface area contributed by atoms with Gasteiger partial charge >= 0.3 is 0 Å². The number of β-amino-alcohol motifs (C(OH)–C–C–N with tert-alkyl or cyclic N) is 1. The Bertz CT molecular complexity index is 894. The molecule has 1 aliphatic heterocycles. The van der Waals surface area contributed by atoms with Gasteiger partial charge in [-0.2, -0.15) is 0 Å². The molecule has 3 aromatic rings. The third-order valence-electron chi connectivity index (χ3n) is 4.27. The van der Waals surface area contributed by atoms with E-state index < -0.39 is 5.60 Å². The van der Waals surface area contributed by atoms with Crippen molar-refractivity contribution >= 4 is 22.8 Å². The standard InChI is InChI=1S/C18H19N5OS/c1-18(24)5-7-23(11-18)16-4-2-3-13(22-16)14-9-12(19)10-15(21-14)17-20-6-8-25-17/h2-4,6,8-10,24H,5,7,11H2,1H3,(H2,19,21). The minimum atomic E-state index is -0.662. The first-order chi connectivity index (χ1) is 12.0. The first-order valence-corrected chi connectivity index (χ1v) is 9.00. The maximum atomic E-state index is 10.2. The quantitative estimate of drug-likeness (QED) is 0.753. The SMILES string of the molecule is CC1(O)CCN(c2cccc(-c3cc(N)cc(-c4nccs4)n3)n2)C1. The highest BCUT2D eigenvalue weighted by Crippen LogP contribution is 2.29. The van der Waals surface area contributed by atoms with Gasteiger partial charge in [0.1, 0.15) is 16.5 Å². The van der Waals surface area contributed by atoms with Gasteiger partial charge in [0.05, 0.1) is 17.0 Å². The average molecular weight is 353 g/mol. The Labute approximate surface area is 150 Å². The summed E-state index contributed by atoms with van der Waals surface area (Å²) in [5.41, 5.74) is 8.26. The second kappa shape index (κ2) is 6.09. The van der Waals surface area contributed by atoms with E-state index in [4.69, 9.17) is 10.7 Å². The molecular formula is C18H19N5OS.